The van der Waals surface area contributed by atoms with Gasteiger partial charge < -0.3 is 21.5 Å². The molecule has 18 heavy (non-hydrogen) atoms. The standard InChI is InChI=1S/C11H19N3O3S/c12-9(18)6-13-10(16)11(17)14-7-4-2-1-3-5-8(7)15/h7-8,15H,1-6H2,(H2,12,18)(H,13,16)(H,14,17). The first-order chi connectivity index (χ1) is 8.50. The van der Waals surface area contributed by atoms with E-state index in [9.17, 15) is 14.7 Å². The van der Waals surface area contributed by atoms with Gasteiger partial charge in [0.25, 0.3) is 0 Å². The van der Waals surface area contributed by atoms with Crippen LogP contribution < -0.4 is 16.4 Å². The number of aliphatic hydroxyl groups is 1. The Morgan fingerprint density at radius 1 is 1.22 bits per heavy atom. The van der Waals surface area contributed by atoms with Crippen LogP contribution in [0.5, 0.6) is 0 Å². The third-order valence-electron chi connectivity index (χ3n) is 2.93. The summed E-state index contributed by atoms with van der Waals surface area (Å²) >= 11 is 4.59. The van der Waals surface area contributed by atoms with Gasteiger partial charge in [0.1, 0.15) is 0 Å². The SMILES string of the molecule is NC(=S)CNC(=O)C(=O)NC1CCCCCC1O. The molecule has 1 fully saturated rings. The lowest BCUT2D eigenvalue weighted by Gasteiger charge is -2.21. The fraction of sp³-hybridized carbons (Fsp3) is 0.727. The summed E-state index contributed by atoms with van der Waals surface area (Å²) in [4.78, 5) is 23.1. The van der Waals surface area contributed by atoms with Gasteiger partial charge in [-0.2, -0.15) is 0 Å². The molecule has 0 heterocycles. The Balaban J connectivity index is 2.42. The fourth-order valence-corrected chi connectivity index (χ4v) is 2.01. The van der Waals surface area contributed by atoms with Crippen molar-refractivity contribution in [3.63, 3.8) is 0 Å². The number of amides is 2. The third kappa shape index (κ3) is 4.97. The molecule has 102 valence electrons. The Morgan fingerprint density at radius 2 is 1.89 bits per heavy atom. The van der Waals surface area contributed by atoms with Crippen LogP contribution in [0.25, 0.3) is 0 Å². The number of nitrogens with one attached hydrogen (secondary N) is 2. The molecule has 2 atom stereocenters. The maximum Gasteiger partial charge on any atom is 0.309 e. The van der Waals surface area contributed by atoms with Gasteiger partial charge in [-0.1, -0.05) is 31.5 Å². The zero-order valence-electron chi connectivity index (χ0n) is 10.1. The Hall–Kier alpha value is -1.21. The lowest BCUT2D eigenvalue weighted by molar-refractivity contribution is -0.140. The van der Waals surface area contributed by atoms with Crippen molar-refractivity contribution in [2.45, 2.75) is 44.2 Å². The third-order valence-corrected chi connectivity index (χ3v) is 3.07. The van der Waals surface area contributed by atoms with Crippen LogP contribution in [0.1, 0.15) is 32.1 Å². The largest absolute Gasteiger partial charge is 0.392 e. The van der Waals surface area contributed by atoms with E-state index in [2.05, 4.69) is 22.9 Å². The van der Waals surface area contributed by atoms with E-state index in [0.717, 1.165) is 19.3 Å². The molecule has 0 aromatic carbocycles. The molecule has 0 aliphatic heterocycles. The molecule has 7 heteroatoms. The van der Waals surface area contributed by atoms with Crippen molar-refractivity contribution in [3.8, 4) is 0 Å². The van der Waals surface area contributed by atoms with E-state index in [-0.39, 0.29) is 17.6 Å². The molecule has 1 rings (SSSR count). The monoisotopic (exact) mass is 273 g/mol. The molecule has 5 N–H and O–H groups in total. The van der Waals surface area contributed by atoms with E-state index in [0.29, 0.717) is 12.8 Å². The highest BCUT2D eigenvalue weighted by Gasteiger charge is 2.25. The van der Waals surface area contributed by atoms with Crippen molar-refractivity contribution in [1.82, 2.24) is 10.6 Å². The minimum Gasteiger partial charge on any atom is -0.392 e. The van der Waals surface area contributed by atoms with Gasteiger partial charge in [0.2, 0.25) is 0 Å². The van der Waals surface area contributed by atoms with Crippen LogP contribution in [-0.2, 0) is 9.59 Å². The van der Waals surface area contributed by atoms with Crippen LogP contribution in [-0.4, -0.2) is 40.6 Å². The van der Waals surface area contributed by atoms with Crippen molar-refractivity contribution in [3.05, 3.63) is 0 Å². The zero-order chi connectivity index (χ0) is 13.5. The average Bonchev–Trinajstić information content (AvgIpc) is 2.51. The molecule has 6 nitrogen and oxygen atoms in total. The minimum atomic E-state index is -0.778. The first-order valence-corrected chi connectivity index (χ1v) is 6.46. The second kappa shape index (κ2) is 7.27. The van der Waals surface area contributed by atoms with Crippen molar-refractivity contribution in [2.75, 3.05) is 6.54 Å². The normalized spacial score (nSPS) is 23.8. The second-order valence-corrected chi connectivity index (χ2v) is 4.96. The highest BCUT2D eigenvalue weighted by atomic mass is 32.1. The number of hydrogen-bond acceptors (Lipinski definition) is 4. The summed E-state index contributed by atoms with van der Waals surface area (Å²) in [5.74, 6) is -1.53. The molecular formula is C11H19N3O3S. The van der Waals surface area contributed by atoms with Crippen molar-refractivity contribution in [1.29, 1.82) is 0 Å². The van der Waals surface area contributed by atoms with Crippen molar-refractivity contribution < 1.29 is 14.7 Å². The van der Waals surface area contributed by atoms with E-state index in [1.165, 1.54) is 0 Å². The molecular weight excluding hydrogens is 254 g/mol. The second-order valence-electron chi connectivity index (χ2n) is 4.43. The number of nitrogens with two attached hydrogens (primary N) is 1. The number of carbonyl (C=O) groups excluding carboxylic acids is 2. The molecule has 1 aliphatic carbocycles. The highest BCUT2D eigenvalue weighted by molar-refractivity contribution is 7.80. The predicted molar refractivity (Wildman–Crippen MR) is 70.8 cm³/mol. The molecule has 0 radical (unpaired) electrons. The first-order valence-electron chi connectivity index (χ1n) is 6.05. The van der Waals surface area contributed by atoms with Crippen LogP contribution >= 0.6 is 12.2 Å². The van der Waals surface area contributed by atoms with E-state index < -0.39 is 17.9 Å². The average molecular weight is 273 g/mol. The van der Waals surface area contributed by atoms with E-state index in [1.54, 1.807) is 0 Å². The van der Waals surface area contributed by atoms with E-state index >= 15 is 0 Å². The number of aliphatic hydroxyl groups excluding tert-OH is 1. The molecule has 0 aromatic rings. The summed E-state index contributed by atoms with van der Waals surface area (Å²) in [6.07, 6.45) is 3.68. The van der Waals surface area contributed by atoms with Crippen LogP contribution in [0.2, 0.25) is 0 Å². The zero-order valence-corrected chi connectivity index (χ0v) is 11.0. The minimum absolute atomic E-state index is 0.00515. The number of thiocarbonyl (C=S) groups is 1. The highest BCUT2D eigenvalue weighted by Crippen LogP contribution is 2.17. The molecule has 0 saturated heterocycles. The maximum absolute atomic E-state index is 11.6. The summed E-state index contributed by atoms with van der Waals surface area (Å²) in [6, 6.07) is -0.351. The summed E-state index contributed by atoms with van der Waals surface area (Å²) in [7, 11) is 0. The number of hydrogen-bond donors (Lipinski definition) is 4. The van der Waals surface area contributed by atoms with Crippen LogP contribution in [0, 0.1) is 0 Å². The van der Waals surface area contributed by atoms with E-state index in [4.69, 9.17) is 5.73 Å². The van der Waals surface area contributed by atoms with Gasteiger partial charge in [-0.3, -0.25) is 9.59 Å². The van der Waals surface area contributed by atoms with Crippen LogP contribution in [0.15, 0.2) is 0 Å². The topological polar surface area (TPSA) is 104 Å². The molecule has 2 unspecified atom stereocenters. The van der Waals surface area contributed by atoms with Crippen LogP contribution in [0.3, 0.4) is 0 Å². The summed E-state index contributed by atoms with van der Waals surface area (Å²) in [5.41, 5.74) is 5.21. The number of rotatable bonds is 3. The molecule has 0 bridgehead atoms. The Morgan fingerprint density at radius 3 is 2.56 bits per heavy atom. The maximum atomic E-state index is 11.6. The lowest BCUT2D eigenvalue weighted by atomic mass is 10.1. The van der Waals surface area contributed by atoms with Gasteiger partial charge in [-0.05, 0) is 12.8 Å². The molecule has 2 amide bonds. The Labute approximate surface area is 111 Å². The molecule has 1 saturated carbocycles. The van der Waals surface area contributed by atoms with Crippen molar-refractivity contribution in [2.24, 2.45) is 5.73 Å². The summed E-state index contributed by atoms with van der Waals surface area (Å²) < 4.78 is 0. The quantitative estimate of drug-likeness (QED) is 0.306. The first kappa shape index (κ1) is 14.8. The predicted octanol–water partition coefficient (Wildman–Crippen LogP) is -0.802. The van der Waals surface area contributed by atoms with Crippen LogP contribution in [0.4, 0.5) is 0 Å². The van der Waals surface area contributed by atoms with Gasteiger partial charge in [0, 0.05) is 0 Å². The summed E-state index contributed by atoms with van der Waals surface area (Å²) in [6.45, 7) is -0.00515. The van der Waals surface area contributed by atoms with Crippen molar-refractivity contribution >= 4 is 29.0 Å². The lowest BCUT2D eigenvalue weighted by Crippen LogP contribution is -2.49. The Bertz CT molecular complexity index is 335. The molecule has 0 aromatic heterocycles. The molecule has 0 spiro atoms. The summed E-state index contributed by atoms with van der Waals surface area (Å²) in [5, 5.41) is 14.7. The van der Waals surface area contributed by atoms with Gasteiger partial charge in [0.05, 0.1) is 23.7 Å². The Kier molecular flexibility index (Phi) is 6.00. The van der Waals surface area contributed by atoms with Gasteiger partial charge in [0.15, 0.2) is 0 Å². The smallest absolute Gasteiger partial charge is 0.309 e. The van der Waals surface area contributed by atoms with Gasteiger partial charge in [-0.25, -0.2) is 0 Å². The van der Waals surface area contributed by atoms with E-state index in [1.807, 2.05) is 0 Å². The fourth-order valence-electron chi connectivity index (χ4n) is 1.94. The number of carbonyl (C=O) groups is 2. The molecule has 1 aliphatic rings. The van der Waals surface area contributed by atoms with Gasteiger partial charge >= 0.3 is 11.8 Å². The van der Waals surface area contributed by atoms with Gasteiger partial charge in [-0.15, -0.1) is 0 Å².